The summed E-state index contributed by atoms with van der Waals surface area (Å²) < 4.78 is 21.8. The van der Waals surface area contributed by atoms with Crippen LogP contribution in [0, 0.1) is 23.7 Å². The van der Waals surface area contributed by atoms with E-state index >= 15 is 4.79 Å². The number of aliphatic hydroxyl groups is 2. The van der Waals surface area contributed by atoms with Crippen molar-refractivity contribution in [2.75, 3.05) is 19.8 Å². The van der Waals surface area contributed by atoms with Crippen molar-refractivity contribution < 1.29 is 34.1 Å². The van der Waals surface area contributed by atoms with Crippen LogP contribution in [0.2, 0.25) is 0 Å². The van der Waals surface area contributed by atoms with Crippen LogP contribution in [0.3, 0.4) is 0 Å². The third kappa shape index (κ3) is 11.3. The molecule has 1 amide bonds. The van der Waals surface area contributed by atoms with E-state index in [1.165, 1.54) is 12.8 Å². The summed E-state index contributed by atoms with van der Waals surface area (Å²) in [5, 5.41) is 27.7. The van der Waals surface area contributed by atoms with E-state index in [0.717, 1.165) is 101 Å². The molecular weight excluding hydrogens is 921 g/mol. The maximum atomic E-state index is 15.6. The SMILES string of the molecule is C=CCO[C@@]12Oc3ccc(Oc4ccc(-c5ccccc5)cc4)cc3[C@H]3[C@H](CCCCO)[C@@H](CCCCO)C=C(C(=NOCc4ccccc4)C[C@@H]1N(Cc1cccc4ccccc14)C(=O)CCC1CCCC1)[C@H]32. The van der Waals surface area contributed by atoms with Crippen molar-refractivity contribution in [1.82, 2.24) is 4.90 Å². The first kappa shape index (κ1) is 51.0. The molecule has 4 aliphatic rings. The van der Waals surface area contributed by atoms with E-state index in [1.54, 1.807) is 6.08 Å². The van der Waals surface area contributed by atoms with Gasteiger partial charge in [0.15, 0.2) is 0 Å². The van der Waals surface area contributed by atoms with E-state index in [9.17, 15) is 10.2 Å². The van der Waals surface area contributed by atoms with Crippen molar-refractivity contribution in [3.05, 3.63) is 187 Å². The maximum absolute atomic E-state index is 15.6. The highest BCUT2D eigenvalue weighted by Crippen LogP contribution is 2.62. The van der Waals surface area contributed by atoms with Gasteiger partial charge in [-0.2, -0.15) is 0 Å². The van der Waals surface area contributed by atoms with Crippen LogP contribution >= 0.6 is 0 Å². The van der Waals surface area contributed by atoms with Gasteiger partial charge in [0.2, 0.25) is 11.7 Å². The van der Waals surface area contributed by atoms with Crippen LogP contribution < -0.4 is 9.47 Å². The number of allylic oxidation sites excluding steroid dienone is 1. The smallest absolute Gasteiger partial charge is 0.239 e. The number of carbonyl (C=O) groups is 1. The molecule has 0 bridgehead atoms. The predicted octanol–water partition coefficient (Wildman–Crippen LogP) is 14.1. The standard InChI is InChI=1S/C65H72N2O7/c1-2-40-71-65-61(67(62(70)37-30-46-18-9-10-19-46)44-52-27-17-26-50-24-11-12-28-55(50)52)43-59(66-72-45-47-20-5-3-6-21-47)57-41-51(25-13-15-38-68)56(29-14-16-39-69)63(64(57)65)58-42-54(35-36-60(58)74-65)73-53-33-31-49(32-34-53)48-22-7-4-8-23-48/h2-8,11-12,17,20-24,26-28,31-36,41-42,46,51,56,61,63-64,68-69H,1,9-10,13-16,18-19,25,29-30,37-40,43-45H2/t51-,56+,61-,63+,64+,65+/m0/s1. The van der Waals surface area contributed by atoms with Gasteiger partial charge in [-0.25, -0.2) is 0 Å². The first-order valence-electron chi connectivity index (χ1n) is 27.3. The highest BCUT2D eigenvalue weighted by molar-refractivity contribution is 6.03. The second-order valence-corrected chi connectivity index (χ2v) is 20.9. The van der Waals surface area contributed by atoms with E-state index < -0.39 is 17.7 Å². The summed E-state index contributed by atoms with van der Waals surface area (Å²) in [6, 6.07) is 48.9. The van der Waals surface area contributed by atoms with E-state index in [-0.39, 0.29) is 50.1 Å². The summed E-state index contributed by atoms with van der Waals surface area (Å²) in [5.41, 5.74) is 7.10. The lowest BCUT2D eigenvalue weighted by Crippen LogP contribution is -2.70. The number of benzene rings is 6. The molecule has 6 aromatic rings. The molecule has 3 aliphatic carbocycles. The molecule has 9 nitrogen and oxygen atoms in total. The second kappa shape index (κ2) is 24.2. The Bertz CT molecular complexity index is 2870. The van der Waals surface area contributed by atoms with Crippen LogP contribution in [0.25, 0.3) is 21.9 Å². The van der Waals surface area contributed by atoms with Crippen molar-refractivity contribution in [3.8, 4) is 28.4 Å². The average molecular weight is 993 g/mol. The molecule has 1 aliphatic heterocycles. The van der Waals surface area contributed by atoms with E-state index in [2.05, 4.69) is 90.4 Å². The normalized spacial score (nSPS) is 22.6. The molecule has 0 unspecified atom stereocenters. The molecule has 6 aromatic carbocycles. The largest absolute Gasteiger partial charge is 0.459 e. The minimum atomic E-state index is -1.38. The Hall–Kier alpha value is -6.52. The van der Waals surface area contributed by atoms with Crippen LogP contribution in [0.1, 0.15) is 106 Å². The van der Waals surface area contributed by atoms with Gasteiger partial charge in [0, 0.05) is 44.1 Å². The van der Waals surface area contributed by atoms with Crippen LogP contribution in [-0.2, 0) is 27.5 Å². The number of hydrogen-bond donors (Lipinski definition) is 2. The van der Waals surface area contributed by atoms with Crippen LogP contribution in [0.15, 0.2) is 175 Å². The van der Waals surface area contributed by atoms with Crippen molar-refractivity contribution in [3.63, 3.8) is 0 Å². The van der Waals surface area contributed by atoms with Crippen molar-refractivity contribution >= 4 is 22.4 Å². The maximum Gasteiger partial charge on any atom is 0.239 e. The summed E-state index contributed by atoms with van der Waals surface area (Å²) in [4.78, 5) is 24.1. The quantitative estimate of drug-likeness (QED) is 0.0374. The van der Waals surface area contributed by atoms with Gasteiger partial charge >= 0.3 is 0 Å². The van der Waals surface area contributed by atoms with Gasteiger partial charge in [-0.3, -0.25) is 4.79 Å². The van der Waals surface area contributed by atoms with Crippen molar-refractivity contribution in [1.29, 1.82) is 0 Å². The molecule has 0 spiro atoms. The van der Waals surface area contributed by atoms with Crippen molar-refractivity contribution in [2.24, 2.45) is 28.8 Å². The summed E-state index contributed by atoms with van der Waals surface area (Å²) in [6.45, 7) is 5.22. The molecule has 1 heterocycles. The van der Waals surface area contributed by atoms with Gasteiger partial charge in [0.05, 0.1) is 18.2 Å². The van der Waals surface area contributed by atoms with Crippen molar-refractivity contribution in [2.45, 2.75) is 114 Å². The van der Waals surface area contributed by atoms with E-state index in [4.69, 9.17) is 24.2 Å². The fraction of sp³-hybridized carbons (Fsp3) is 0.385. The number of ether oxygens (including phenoxy) is 3. The number of carbonyl (C=O) groups excluding carboxylic acids is 1. The zero-order valence-electron chi connectivity index (χ0n) is 42.7. The lowest BCUT2D eigenvalue weighted by atomic mass is 9.55. The lowest BCUT2D eigenvalue weighted by Gasteiger charge is -2.60. The zero-order chi connectivity index (χ0) is 50.7. The monoisotopic (exact) mass is 993 g/mol. The molecule has 74 heavy (non-hydrogen) atoms. The predicted molar refractivity (Wildman–Crippen MR) is 294 cm³/mol. The fourth-order valence-electron chi connectivity index (χ4n) is 12.7. The van der Waals surface area contributed by atoms with E-state index in [0.29, 0.717) is 49.6 Å². The highest BCUT2D eigenvalue weighted by Gasteiger charge is 2.65. The number of hydrogen-bond acceptors (Lipinski definition) is 8. The van der Waals surface area contributed by atoms with Gasteiger partial charge in [0.1, 0.15) is 29.9 Å². The average Bonchev–Trinajstić information content (AvgIpc) is 3.98. The Labute approximate surface area is 437 Å². The van der Waals surface area contributed by atoms with Crippen LogP contribution in [0.5, 0.6) is 17.2 Å². The molecule has 6 atom stereocenters. The number of amides is 1. The Morgan fingerprint density at radius 2 is 1.47 bits per heavy atom. The third-order valence-electron chi connectivity index (χ3n) is 16.2. The van der Waals surface area contributed by atoms with E-state index in [1.807, 2.05) is 72.8 Å². The topological polar surface area (TPSA) is 110 Å². The lowest BCUT2D eigenvalue weighted by molar-refractivity contribution is -0.258. The van der Waals surface area contributed by atoms with Crippen LogP contribution in [-0.4, -0.2) is 58.4 Å². The second-order valence-electron chi connectivity index (χ2n) is 20.9. The number of nitrogens with zero attached hydrogens (tertiary/aromatic N) is 2. The fourth-order valence-corrected chi connectivity index (χ4v) is 12.7. The van der Waals surface area contributed by atoms with Gasteiger partial charge < -0.3 is 34.2 Å². The molecular formula is C65H72N2O7. The number of unbranched alkanes of at least 4 members (excludes halogenated alkanes) is 2. The third-order valence-corrected chi connectivity index (χ3v) is 16.2. The van der Waals surface area contributed by atoms with Gasteiger partial charge in [-0.05, 0) is 119 Å². The van der Waals surface area contributed by atoms with Gasteiger partial charge in [-0.15, -0.1) is 6.58 Å². The summed E-state index contributed by atoms with van der Waals surface area (Å²) in [5.74, 6) is 0.827. The Balaban J connectivity index is 1.14. The van der Waals surface area contributed by atoms with Crippen LogP contribution in [0.4, 0.5) is 0 Å². The summed E-state index contributed by atoms with van der Waals surface area (Å²) in [7, 11) is 0. The zero-order valence-corrected chi connectivity index (χ0v) is 42.7. The highest BCUT2D eigenvalue weighted by atomic mass is 16.7. The molecule has 9 heteroatoms. The molecule has 2 fully saturated rings. The Morgan fingerprint density at radius 3 is 2.24 bits per heavy atom. The number of oxime groups is 1. The molecule has 0 aromatic heterocycles. The first-order valence-corrected chi connectivity index (χ1v) is 27.3. The Kier molecular flexibility index (Phi) is 16.7. The van der Waals surface area contributed by atoms with Gasteiger partial charge in [-0.1, -0.05) is 171 Å². The number of rotatable bonds is 23. The first-order chi connectivity index (χ1) is 36.5. The minimum Gasteiger partial charge on any atom is -0.459 e. The molecule has 384 valence electrons. The molecule has 2 N–H and O–H groups in total. The number of aliphatic hydroxyl groups excluding tert-OH is 2. The molecule has 0 saturated heterocycles. The Morgan fingerprint density at radius 1 is 0.770 bits per heavy atom. The molecule has 0 radical (unpaired) electrons. The minimum absolute atomic E-state index is 0.0681. The van der Waals surface area contributed by atoms with Gasteiger partial charge in [0.25, 0.3) is 0 Å². The summed E-state index contributed by atoms with van der Waals surface area (Å²) >= 11 is 0. The molecule has 2 saturated carbocycles. The molecule has 10 rings (SSSR count). The summed E-state index contributed by atoms with van der Waals surface area (Å²) in [6.07, 6.45) is 15.2. The number of fused-ring (bicyclic) bond motifs is 3.